The van der Waals surface area contributed by atoms with Crippen LogP contribution in [0.5, 0.6) is 5.75 Å². The third kappa shape index (κ3) is 1.18. The molecule has 0 amide bonds. The molecule has 0 bridgehead atoms. The molecule has 3 heteroatoms. The van der Waals surface area contributed by atoms with Gasteiger partial charge in [-0.05, 0) is 19.1 Å². The summed E-state index contributed by atoms with van der Waals surface area (Å²) in [4.78, 5) is 0. The van der Waals surface area contributed by atoms with Crippen molar-refractivity contribution in [3.63, 3.8) is 0 Å². The fraction of sp³-hybridized carbons (Fsp3) is 0.333. The van der Waals surface area contributed by atoms with Crippen LogP contribution in [-0.2, 0) is 6.42 Å². The summed E-state index contributed by atoms with van der Waals surface area (Å²) >= 11 is 3.38. The first-order valence-corrected chi connectivity index (χ1v) is 4.70. The van der Waals surface area contributed by atoms with Crippen LogP contribution in [0.4, 0.5) is 5.69 Å². The Morgan fingerprint density at radius 3 is 3.08 bits per heavy atom. The Morgan fingerprint density at radius 2 is 2.33 bits per heavy atom. The van der Waals surface area contributed by atoms with E-state index < -0.39 is 0 Å². The van der Waals surface area contributed by atoms with Gasteiger partial charge in [0.2, 0.25) is 0 Å². The molecule has 2 N–H and O–H groups in total. The van der Waals surface area contributed by atoms with Gasteiger partial charge in [-0.15, -0.1) is 0 Å². The first-order chi connectivity index (χ1) is 5.66. The topological polar surface area (TPSA) is 35.2 Å². The van der Waals surface area contributed by atoms with Gasteiger partial charge in [0.15, 0.2) is 0 Å². The smallest absolute Gasteiger partial charge is 0.126 e. The zero-order chi connectivity index (χ0) is 8.72. The van der Waals surface area contributed by atoms with Crippen LogP contribution in [0.1, 0.15) is 12.5 Å². The van der Waals surface area contributed by atoms with Crippen molar-refractivity contribution in [2.45, 2.75) is 19.4 Å². The normalized spacial score (nSPS) is 20.3. The first-order valence-electron chi connectivity index (χ1n) is 3.91. The largest absolute Gasteiger partial charge is 0.490 e. The summed E-state index contributed by atoms with van der Waals surface area (Å²) in [6.45, 7) is 2.05. The molecule has 0 aromatic heterocycles. The first kappa shape index (κ1) is 7.92. The SMILES string of the molecule is CC1Cc2c(N)cc(Br)cc2O1. The molecule has 0 aliphatic carbocycles. The van der Waals surface area contributed by atoms with Gasteiger partial charge in [0, 0.05) is 22.1 Å². The lowest BCUT2D eigenvalue weighted by molar-refractivity contribution is 0.254. The summed E-state index contributed by atoms with van der Waals surface area (Å²) in [5, 5.41) is 0. The van der Waals surface area contributed by atoms with E-state index in [0.29, 0.717) is 0 Å². The monoisotopic (exact) mass is 227 g/mol. The lowest BCUT2D eigenvalue weighted by Gasteiger charge is -2.03. The number of ether oxygens (including phenoxy) is 1. The second kappa shape index (κ2) is 2.66. The van der Waals surface area contributed by atoms with Gasteiger partial charge in [0.25, 0.3) is 0 Å². The molecule has 2 nitrogen and oxygen atoms in total. The molecule has 0 saturated heterocycles. The summed E-state index contributed by atoms with van der Waals surface area (Å²) in [6.07, 6.45) is 1.19. The number of hydrogen-bond donors (Lipinski definition) is 1. The molecule has 0 fully saturated rings. The lowest BCUT2D eigenvalue weighted by Crippen LogP contribution is -2.05. The Kier molecular flexibility index (Phi) is 1.76. The maximum atomic E-state index is 5.82. The fourth-order valence-electron chi connectivity index (χ4n) is 1.50. The van der Waals surface area contributed by atoms with Crippen LogP contribution in [0.2, 0.25) is 0 Å². The number of rotatable bonds is 0. The van der Waals surface area contributed by atoms with E-state index in [4.69, 9.17) is 10.5 Å². The molecule has 1 heterocycles. The highest BCUT2D eigenvalue weighted by Gasteiger charge is 2.21. The van der Waals surface area contributed by atoms with Crippen molar-refractivity contribution >= 4 is 21.6 Å². The van der Waals surface area contributed by atoms with Crippen LogP contribution in [0.25, 0.3) is 0 Å². The Hall–Kier alpha value is -0.700. The van der Waals surface area contributed by atoms with E-state index in [0.717, 1.165) is 27.9 Å². The molecule has 0 saturated carbocycles. The summed E-state index contributed by atoms with van der Waals surface area (Å²) in [6, 6.07) is 3.88. The van der Waals surface area contributed by atoms with Crippen molar-refractivity contribution in [3.05, 3.63) is 22.2 Å². The summed E-state index contributed by atoms with van der Waals surface area (Å²) in [7, 11) is 0. The van der Waals surface area contributed by atoms with Crippen molar-refractivity contribution in [2.24, 2.45) is 0 Å². The standard InChI is InChI=1S/C9H10BrNO/c1-5-2-7-8(11)3-6(10)4-9(7)12-5/h3-5H,2,11H2,1H3. The van der Waals surface area contributed by atoms with Crippen molar-refractivity contribution in [1.82, 2.24) is 0 Å². The molecule has 64 valence electrons. The van der Waals surface area contributed by atoms with Crippen molar-refractivity contribution in [3.8, 4) is 5.75 Å². The summed E-state index contributed by atoms with van der Waals surface area (Å²) in [5.41, 5.74) is 7.79. The van der Waals surface area contributed by atoms with Gasteiger partial charge in [-0.1, -0.05) is 15.9 Å². The molecule has 1 unspecified atom stereocenters. The molecule has 0 radical (unpaired) electrons. The van der Waals surface area contributed by atoms with Crippen LogP contribution in [-0.4, -0.2) is 6.10 Å². The average molecular weight is 228 g/mol. The number of halogens is 1. The number of benzene rings is 1. The third-order valence-electron chi connectivity index (χ3n) is 2.03. The van der Waals surface area contributed by atoms with Crippen LogP contribution in [0.15, 0.2) is 16.6 Å². The second-order valence-electron chi connectivity index (χ2n) is 3.10. The van der Waals surface area contributed by atoms with Crippen LogP contribution < -0.4 is 10.5 Å². The highest BCUT2D eigenvalue weighted by Crippen LogP contribution is 2.35. The molecule has 1 aliphatic rings. The third-order valence-corrected chi connectivity index (χ3v) is 2.49. The molecular weight excluding hydrogens is 218 g/mol. The van der Waals surface area contributed by atoms with E-state index >= 15 is 0 Å². The zero-order valence-corrected chi connectivity index (χ0v) is 8.39. The number of hydrogen-bond acceptors (Lipinski definition) is 2. The van der Waals surface area contributed by atoms with Gasteiger partial charge >= 0.3 is 0 Å². The number of anilines is 1. The maximum absolute atomic E-state index is 5.82. The van der Waals surface area contributed by atoms with Crippen molar-refractivity contribution < 1.29 is 4.74 Å². The number of fused-ring (bicyclic) bond motifs is 1. The van der Waals surface area contributed by atoms with Gasteiger partial charge in [0.05, 0.1) is 0 Å². The molecule has 12 heavy (non-hydrogen) atoms. The zero-order valence-electron chi connectivity index (χ0n) is 6.80. The maximum Gasteiger partial charge on any atom is 0.126 e. The minimum atomic E-state index is 0.261. The Labute approximate surface area is 79.8 Å². The van der Waals surface area contributed by atoms with E-state index in [1.807, 2.05) is 19.1 Å². The minimum absolute atomic E-state index is 0.261. The van der Waals surface area contributed by atoms with Crippen molar-refractivity contribution in [1.29, 1.82) is 0 Å². The lowest BCUT2D eigenvalue weighted by atomic mass is 10.1. The molecular formula is C9H10BrNO. The van der Waals surface area contributed by atoms with E-state index in [1.165, 1.54) is 0 Å². The molecule has 2 rings (SSSR count). The number of nitrogens with two attached hydrogens (primary N) is 1. The number of nitrogen functional groups attached to an aromatic ring is 1. The summed E-state index contributed by atoms with van der Waals surface area (Å²) < 4.78 is 6.54. The summed E-state index contributed by atoms with van der Waals surface area (Å²) in [5.74, 6) is 0.925. The van der Waals surface area contributed by atoms with Crippen LogP contribution in [0, 0.1) is 0 Å². The molecule has 1 aromatic rings. The molecule has 1 atom stereocenters. The van der Waals surface area contributed by atoms with Crippen molar-refractivity contribution in [2.75, 3.05) is 5.73 Å². The van der Waals surface area contributed by atoms with Gasteiger partial charge in [-0.25, -0.2) is 0 Å². The Bertz CT molecular complexity index is 325. The van der Waals surface area contributed by atoms with Gasteiger partial charge in [-0.3, -0.25) is 0 Å². The average Bonchev–Trinajstić information content (AvgIpc) is 2.29. The highest BCUT2D eigenvalue weighted by molar-refractivity contribution is 9.10. The van der Waals surface area contributed by atoms with E-state index in [-0.39, 0.29) is 6.10 Å². The van der Waals surface area contributed by atoms with Crippen LogP contribution >= 0.6 is 15.9 Å². The molecule has 1 aromatic carbocycles. The van der Waals surface area contributed by atoms with Gasteiger partial charge in [-0.2, -0.15) is 0 Å². The van der Waals surface area contributed by atoms with E-state index in [9.17, 15) is 0 Å². The van der Waals surface area contributed by atoms with E-state index in [2.05, 4.69) is 15.9 Å². The quantitative estimate of drug-likeness (QED) is 0.691. The fourth-order valence-corrected chi connectivity index (χ4v) is 1.96. The molecule has 0 spiro atoms. The highest BCUT2D eigenvalue weighted by atomic mass is 79.9. The Balaban J connectivity index is 2.52. The second-order valence-corrected chi connectivity index (χ2v) is 4.02. The van der Waals surface area contributed by atoms with Gasteiger partial charge in [0.1, 0.15) is 11.9 Å². The predicted octanol–water partition coefficient (Wildman–Crippen LogP) is 2.35. The van der Waals surface area contributed by atoms with Crippen LogP contribution in [0.3, 0.4) is 0 Å². The van der Waals surface area contributed by atoms with E-state index in [1.54, 1.807) is 0 Å². The Morgan fingerprint density at radius 1 is 1.58 bits per heavy atom. The minimum Gasteiger partial charge on any atom is -0.490 e. The van der Waals surface area contributed by atoms with Gasteiger partial charge < -0.3 is 10.5 Å². The predicted molar refractivity (Wildman–Crippen MR) is 52.3 cm³/mol. The molecule has 1 aliphatic heterocycles.